The van der Waals surface area contributed by atoms with Gasteiger partial charge in [-0.05, 0) is 37.5 Å². The molecule has 0 heterocycles. The zero-order chi connectivity index (χ0) is 13.9. The Bertz CT molecular complexity index is 371. The van der Waals surface area contributed by atoms with E-state index in [0.717, 1.165) is 23.1 Å². The zero-order valence-electron chi connectivity index (χ0n) is 11.3. The van der Waals surface area contributed by atoms with Gasteiger partial charge in [-0.1, -0.05) is 40.9 Å². The van der Waals surface area contributed by atoms with Gasteiger partial charge in [-0.2, -0.15) is 0 Å². The average Bonchev–Trinajstić information content (AvgIpc) is 2.42. The second kappa shape index (κ2) is 10.5. The van der Waals surface area contributed by atoms with Gasteiger partial charge in [-0.25, -0.2) is 0 Å². The zero-order valence-corrected chi connectivity index (χ0v) is 13.7. The fourth-order valence-corrected chi connectivity index (χ4v) is 3.42. The highest BCUT2D eigenvalue weighted by molar-refractivity contribution is 9.10. The molecule has 0 bridgehead atoms. The van der Waals surface area contributed by atoms with Gasteiger partial charge >= 0.3 is 0 Å². The third-order valence-corrected chi connectivity index (χ3v) is 4.59. The maximum absolute atomic E-state index is 5.62. The molecule has 0 saturated heterocycles. The SMILES string of the molecule is C=CCCCCCC(CSc1cccc(Br)c1)NN. The fraction of sp³-hybridized carbons (Fsp3) is 0.467. The van der Waals surface area contributed by atoms with Crippen molar-refractivity contribution < 1.29 is 0 Å². The van der Waals surface area contributed by atoms with E-state index in [9.17, 15) is 0 Å². The van der Waals surface area contributed by atoms with Gasteiger partial charge in [0.05, 0.1) is 0 Å². The summed E-state index contributed by atoms with van der Waals surface area (Å²) in [6.07, 6.45) is 7.96. The van der Waals surface area contributed by atoms with Crippen molar-refractivity contribution >= 4 is 27.7 Å². The molecule has 3 N–H and O–H groups in total. The van der Waals surface area contributed by atoms with Gasteiger partial charge < -0.3 is 0 Å². The van der Waals surface area contributed by atoms with E-state index in [4.69, 9.17) is 5.84 Å². The molecule has 0 spiro atoms. The summed E-state index contributed by atoms with van der Waals surface area (Å²) < 4.78 is 1.12. The summed E-state index contributed by atoms with van der Waals surface area (Å²) in [5, 5.41) is 0. The lowest BCUT2D eigenvalue weighted by Gasteiger charge is -2.15. The van der Waals surface area contributed by atoms with E-state index in [2.05, 4.69) is 46.1 Å². The Morgan fingerprint density at radius 3 is 2.89 bits per heavy atom. The minimum absolute atomic E-state index is 0.382. The second-order valence-corrected chi connectivity index (χ2v) is 6.57. The van der Waals surface area contributed by atoms with Crippen LogP contribution < -0.4 is 11.3 Å². The summed E-state index contributed by atoms with van der Waals surface area (Å²) in [5.74, 6) is 6.63. The number of thioether (sulfide) groups is 1. The Kier molecular flexibility index (Phi) is 9.26. The van der Waals surface area contributed by atoms with Crippen molar-refractivity contribution in [2.45, 2.75) is 43.0 Å². The quantitative estimate of drug-likeness (QED) is 0.216. The van der Waals surface area contributed by atoms with E-state index < -0.39 is 0 Å². The van der Waals surface area contributed by atoms with Crippen LogP contribution in [0.2, 0.25) is 0 Å². The van der Waals surface area contributed by atoms with Crippen molar-refractivity contribution in [3.05, 3.63) is 41.4 Å². The first-order valence-electron chi connectivity index (χ1n) is 6.71. The van der Waals surface area contributed by atoms with E-state index in [0.29, 0.717) is 6.04 Å². The third kappa shape index (κ3) is 7.78. The van der Waals surface area contributed by atoms with Gasteiger partial charge in [-0.3, -0.25) is 11.3 Å². The molecule has 106 valence electrons. The van der Waals surface area contributed by atoms with Gasteiger partial charge in [0, 0.05) is 21.2 Å². The van der Waals surface area contributed by atoms with Crippen LogP contribution in [0.5, 0.6) is 0 Å². The van der Waals surface area contributed by atoms with Crippen LogP contribution in [0.4, 0.5) is 0 Å². The maximum Gasteiger partial charge on any atom is 0.0304 e. The molecule has 1 atom stereocenters. The number of allylic oxidation sites excluding steroid dienone is 1. The second-order valence-electron chi connectivity index (χ2n) is 4.56. The highest BCUT2D eigenvalue weighted by Gasteiger charge is 2.07. The predicted molar refractivity (Wildman–Crippen MR) is 89.3 cm³/mol. The molecule has 1 aromatic rings. The average molecular weight is 343 g/mol. The summed E-state index contributed by atoms with van der Waals surface area (Å²) in [6.45, 7) is 3.74. The molecule has 1 rings (SSSR count). The van der Waals surface area contributed by atoms with Crippen LogP contribution in [-0.4, -0.2) is 11.8 Å². The molecule has 4 heteroatoms. The van der Waals surface area contributed by atoms with Crippen molar-refractivity contribution in [3.8, 4) is 0 Å². The van der Waals surface area contributed by atoms with Crippen LogP contribution in [0.15, 0.2) is 46.3 Å². The van der Waals surface area contributed by atoms with Gasteiger partial charge in [0.1, 0.15) is 0 Å². The molecule has 1 aromatic carbocycles. The fourth-order valence-electron chi connectivity index (χ4n) is 1.82. The number of hydrogen-bond donors (Lipinski definition) is 2. The largest absolute Gasteiger partial charge is 0.271 e. The van der Waals surface area contributed by atoms with Gasteiger partial charge in [-0.15, -0.1) is 18.3 Å². The molecular formula is C15H23BrN2S. The minimum Gasteiger partial charge on any atom is -0.271 e. The van der Waals surface area contributed by atoms with E-state index >= 15 is 0 Å². The van der Waals surface area contributed by atoms with E-state index in [1.54, 1.807) is 0 Å². The van der Waals surface area contributed by atoms with Crippen molar-refractivity contribution in [2.75, 3.05) is 5.75 Å². The Hall–Kier alpha value is -0.290. The first-order chi connectivity index (χ1) is 9.26. The molecule has 0 radical (unpaired) electrons. The number of hydrazine groups is 1. The number of unbranched alkanes of at least 4 members (excludes halogenated alkanes) is 3. The normalized spacial score (nSPS) is 12.3. The summed E-state index contributed by atoms with van der Waals surface area (Å²) >= 11 is 5.34. The molecular weight excluding hydrogens is 320 g/mol. The van der Waals surface area contributed by atoms with Crippen molar-refractivity contribution in [1.82, 2.24) is 5.43 Å². The van der Waals surface area contributed by atoms with Crippen molar-refractivity contribution in [3.63, 3.8) is 0 Å². The topological polar surface area (TPSA) is 38.0 Å². The molecule has 1 unspecified atom stereocenters. The molecule has 0 aromatic heterocycles. The molecule has 0 aliphatic carbocycles. The lowest BCUT2D eigenvalue weighted by molar-refractivity contribution is 0.503. The Balaban J connectivity index is 2.22. The molecule has 0 saturated carbocycles. The lowest BCUT2D eigenvalue weighted by Crippen LogP contribution is -2.36. The van der Waals surface area contributed by atoms with Crippen LogP contribution in [0.1, 0.15) is 32.1 Å². The van der Waals surface area contributed by atoms with Crippen molar-refractivity contribution in [2.24, 2.45) is 5.84 Å². The molecule has 2 nitrogen and oxygen atoms in total. The first kappa shape index (κ1) is 16.8. The van der Waals surface area contributed by atoms with Crippen LogP contribution in [0.3, 0.4) is 0 Å². The molecule has 0 amide bonds. The van der Waals surface area contributed by atoms with Gasteiger partial charge in [0.15, 0.2) is 0 Å². The minimum atomic E-state index is 0.382. The van der Waals surface area contributed by atoms with Gasteiger partial charge in [0.2, 0.25) is 0 Å². The third-order valence-electron chi connectivity index (χ3n) is 2.94. The summed E-state index contributed by atoms with van der Waals surface area (Å²) in [4.78, 5) is 1.28. The Morgan fingerprint density at radius 1 is 1.37 bits per heavy atom. The molecule has 0 aliphatic rings. The first-order valence-corrected chi connectivity index (χ1v) is 8.49. The molecule has 0 aliphatic heterocycles. The van der Waals surface area contributed by atoms with Gasteiger partial charge in [0.25, 0.3) is 0 Å². The van der Waals surface area contributed by atoms with E-state index in [1.165, 1.54) is 24.2 Å². The monoisotopic (exact) mass is 342 g/mol. The van der Waals surface area contributed by atoms with Crippen molar-refractivity contribution in [1.29, 1.82) is 0 Å². The van der Waals surface area contributed by atoms with Crippen LogP contribution in [0.25, 0.3) is 0 Å². The van der Waals surface area contributed by atoms with Crippen LogP contribution in [-0.2, 0) is 0 Å². The number of benzene rings is 1. The van der Waals surface area contributed by atoms with Crippen LogP contribution in [0, 0.1) is 0 Å². The lowest BCUT2D eigenvalue weighted by atomic mass is 10.1. The predicted octanol–water partition coefficient (Wildman–Crippen LogP) is 4.51. The number of halogens is 1. The van der Waals surface area contributed by atoms with Crippen LogP contribution >= 0.6 is 27.7 Å². The van der Waals surface area contributed by atoms with E-state index in [1.807, 2.05) is 23.9 Å². The summed E-state index contributed by atoms with van der Waals surface area (Å²) in [7, 11) is 0. The number of hydrogen-bond acceptors (Lipinski definition) is 3. The Morgan fingerprint density at radius 2 is 2.21 bits per heavy atom. The highest BCUT2D eigenvalue weighted by atomic mass is 79.9. The molecule has 0 fully saturated rings. The molecule has 19 heavy (non-hydrogen) atoms. The van der Waals surface area contributed by atoms with E-state index in [-0.39, 0.29) is 0 Å². The number of nitrogens with two attached hydrogens (primary N) is 1. The summed E-state index contributed by atoms with van der Waals surface area (Å²) in [5.41, 5.74) is 2.93. The number of nitrogens with one attached hydrogen (secondary N) is 1. The Labute approximate surface area is 129 Å². The standard InChI is InChI=1S/C15H23BrN2S/c1-2-3-4-5-6-9-14(18-17)12-19-15-10-7-8-13(16)11-15/h2,7-8,10-11,14,18H,1,3-6,9,12,17H2. The highest BCUT2D eigenvalue weighted by Crippen LogP contribution is 2.23. The summed E-state index contributed by atoms with van der Waals surface area (Å²) in [6, 6.07) is 8.76. The smallest absolute Gasteiger partial charge is 0.0304 e. The maximum atomic E-state index is 5.62. The number of rotatable bonds is 10.